The average molecular weight is 372 g/mol. The normalized spacial score (nSPS) is 11.1. The van der Waals surface area contributed by atoms with E-state index in [0.717, 1.165) is 33.7 Å². The molecule has 0 unspecified atom stereocenters. The number of hydrogen-bond acceptors (Lipinski definition) is 3. The summed E-state index contributed by atoms with van der Waals surface area (Å²) < 4.78 is 3.97. The largest absolute Gasteiger partial charge is 0.299 e. The van der Waals surface area contributed by atoms with Gasteiger partial charge in [-0.15, -0.1) is 0 Å². The lowest BCUT2D eigenvalue weighted by atomic mass is 10.1. The van der Waals surface area contributed by atoms with E-state index in [-0.39, 0.29) is 0 Å². The van der Waals surface area contributed by atoms with Crippen LogP contribution in [-0.4, -0.2) is 24.3 Å². The van der Waals surface area contributed by atoms with Crippen molar-refractivity contribution in [3.63, 3.8) is 0 Å². The fourth-order valence-corrected chi connectivity index (χ4v) is 3.31. The first-order valence-electron chi connectivity index (χ1n) is 8.47. The molecule has 3 heterocycles. The van der Waals surface area contributed by atoms with Crippen LogP contribution in [0.5, 0.6) is 0 Å². The van der Waals surface area contributed by atoms with Crippen molar-refractivity contribution in [3.05, 3.63) is 90.6 Å². The summed E-state index contributed by atoms with van der Waals surface area (Å²) in [6.07, 6.45) is 7.19. The van der Waals surface area contributed by atoms with Gasteiger partial charge in [0.05, 0.1) is 34.3 Å². The molecule has 5 rings (SSSR count). The molecule has 0 atom stereocenters. The number of halogens is 1. The number of nitrogens with zero attached hydrogens (tertiary/aromatic N) is 5. The number of pyridine rings is 1. The Morgan fingerprint density at radius 2 is 1.59 bits per heavy atom. The fourth-order valence-electron chi connectivity index (χ4n) is 3.19. The summed E-state index contributed by atoms with van der Waals surface area (Å²) in [6.45, 7) is 0. The number of fused-ring (bicyclic) bond motifs is 1. The van der Waals surface area contributed by atoms with Gasteiger partial charge in [-0.3, -0.25) is 9.55 Å². The zero-order chi connectivity index (χ0) is 18.2. The predicted octanol–water partition coefficient (Wildman–Crippen LogP) is 4.93. The molecule has 0 saturated carbocycles. The molecule has 0 amide bonds. The van der Waals surface area contributed by atoms with Crippen LogP contribution in [0.3, 0.4) is 0 Å². The van der Waals surface area contributed by atoms with Crippen LogP contribution in [0.4, 0.5) is 0 Å². The van der Waals surface area contributed by atoms with Crippen LogP contribution in [0.25, 0.3) is 33.7 Å². The SMILES string of the molecule is Clc1ccc(-n2nccc2-c2ccc3ncn(-c4ccncc4)c3c2)cc1. The monoisotopic (exact) mass is 371 g/mol. The first kappa shape index (κ1) is 15.8. The summed E-state index contributed by atoms with van der Waals surface area (Å²) in [6, 6.07) is 19.8. The van der Waals surface area contributed by atoms with E-state index in [1.54, 1.807) is 18.6 Å². The Bertz CT molecular complexity index is 1220. The molecular weight excluding hydrogens is 358 g/mol. The highest BCUT2D eigenvalue weighted by Gasteiger charge is 2.11. The highest BCUT2D eigenvalue weighted by atomic mass is 35.5. The van der Waals surface area contributed by atoms with Gasteiger partial charge in [-0.25, -0.2) is 9.67 Å². The summed E-state index contributed by atoms with van der Waals surface area (Å²) >= 11 is 6.01. The smallest absolute Gasteiger partial charge is 0.100 e. The molecule has 0 bridgehead atoms. The zero-order valence-electron chi connectivity index (χ0n) is 14.2. The van der Waals surface area contributed by atoms with Gasteiger partial charge in [0, 0.05) is 23.0 Å². The molecule has 0 spiro atoms. The van der Waals surface area contributed by atoms with Crippen LogP contribution in [-0.2, 0) is 0 Å². The molecule has 6 heteroatoms. The Balaban J connectivity index is 1.65. The van der Waals surface area contributed by atoms with Crippen molar-refractivity contribution in [2.75, 3.05) is 0 Å². The van der Waals surface area contributed by atoms with Gasteiger partial charge < -0.3 is 0 Å². The lowest BCUT2D eigenvalue weighted by molar-refractivity contribution is 0.888. The van der Waals surface area contributed by atoms with Gasteiger partial charge in [-0.1, -0.05) is 17.7 Å². The van der Waals surface area contributed by atoms with E-state index < -0.39 is 0 Å². The standard InChI is InChI=1S/C21H14ClN5/c22-16-2-4-18(5-3-16)27-20(9-12-25-27)15-1-6-19-21(13-15)26(14-24-19)17-7-10-23-11-8-17/h1-14H. The minimum absolute atomic E-state index is 0.704. The van der Waals surface area contributed by atoms with E-state index in [1.165, 1.54) is 0 Å². The summed E-state index contributed by atoms with van der Waals surface area (Å²) in [4.78, 5) is 8.60. The molecule has 0 aliphatic carbocycles. The quantitative estimate of drug-likeness (QED) is 0.452. The molecule has 130 valence electrons. The topological polar surface area (TPSA) is 48.5 Å². The van der Waals surface area contributed by atoms with E-state index in [4.69, 9.17) is 11.6 Å². The molecule has 0 radical (unpaired) electrons. The first-order valence-corrected chi connectivity index (χ1v) is 8.85. The lowest BCUT2D eigenvalue weighted by Gasteiger charge is -2.09. The van der Waals surface area contributed by atoms with E-state index in [1.807, 2.05) is 59.5 Å². The van der Waals surface area contributed by atoms with E-state index >= 15 is 0 Å². The predicted molar refractivity (Wildman–Crippen MR) is 106 cm³/mol. The Hall–Kier alpha value is -3.44. The van der Waals surface area contributed by atoms with Gasteiger partial charge in [0.2, 0.25) is 0 Å². The molecule has 2 aromatic carbocycles. The van der Waals surface area contributed by atoms with Crippen molar-refractivity contribution in [2.24, 2.45) is 0 Å². The lowest BCUT2D eigenvalue weighted by Crippen LogP contribution is -1.99. The Morgan fingerprint density at radius 3 is 2.41 bits per heavy atom. The second-order valence-electron chi connectivity index (χ2n) is 6.13. The van der Waals surface area contributed by atoms with Gasteiger partial charge in [-0.05, 0) is 54.6 Å². The van der Waals surface area contributed by atoms with Gasteiger partial charge in [0.15, 0.2) is 0 Å². The van der Waals surface area contributed by atoms with Crippen LogP contribution >= 0.6 is 11.6 Å². The molecule has 0 aliphatic heterocycles. The summed E-state index contributed by atoms with van der Waals surface area (Å²) in [5.41, 5.74) is 6.01. The summed E-state index contributed by atoms with van der Waals surface area (Å²) in [5.74, 6) is 0. The maximum absolute atomic E-state index is 6.01. The third-order valence-corrected chi connectivity index (χ3v) is 4.75. The maximum atomic E-state index is 6.01. The Morgan fingerprint density at radius 1 is 0.778 bits per heavy atom. The van der Waals surface area contributed by atoms with Crippen LogP contribution in [0.1, 0.15) is 0 Å². The van der Waals surface area contributed by atoms with Crippen LogP contribution in [0.2, 0.25) is 5.02 Å². The molecule has 5 nitrogen and oxygen atoms in total. The average Bonchev–Trinajstić information content (AvgIpc) is 3.36. The maximum Gasteiger partial charge on any atom is 0.100 e. The molecule has 27 heavy (non-hydrogen) atoms. The fraction of sp³-hybridized carbons (Fsp3) is 0. The van der Waals surface area contributed by atoms with E-state index in [2.05, 4.69) is 31.8 Å². The van der Waals surface area contributed by atoms with Crippen LogP contribution in [0, 0.1) is 0 Å². The minimum Gasteiger partial charge on any atom is -0.299 e. The number of rotatable bonds is 3. The van der Waals surface area contributed by atoms with Crippen LogP contribution < -0.4 is 0 Å². The molecule has 5 aromatic rings. The van der Waals surface area contributed by atoms with Gasteiger partial charge in [0.1, 0.15) is 6.33 Å². The number of aromatic nitrogens is 5. The number of imidazole rings is 1. The van der Waals surface area contributed by atoms with Gasteiger partial charge >= 0.3 is 0 Å². The molecular formula is C21H14ClN5. The second kappa shape index (κ2) is 6.37. The van der Waals surface area contributed by atoms with Crippen molar-refractivity contribution in [3.8, 4) is 22.6 Å². The third-order valence-electron chi connectivity index (χ3n) is 4.50. The molecule has 3 aromatic heterocycles. The molecule has 0 saturated heterocycles. The number of benzene rings is 2. The van der Waals surface area contributed by atoms with Gasteiger partial charge in [-0.2, -0.15) is 5.10 Å². The van der Waals surface area contributed by atoms with Gasteiger partial charge in [0.25, 0.3) is 0 Å². The molecule has 0 fully saturated rings. The Labute approximate surface area is 160 Å². The highest BCUT2D eigenvalue weighted by molar-refractivity contribution is 6.30. The van der Waals surface area contributed by atoms with Crippen molar-refractivity contribution in [2.45, 2.75) is 0 Å². The van der Waals surface area contributed by atoms with Crippen molar-refractivity contribution >= 4 is 22.6 Å². The molecule has 0 N–H and O–H groups in total. The van der Waals surface area contributed by atoms with E-state index in [0.29, 0.717) is 5.02 Å². The molecule has 0 aliphatic rings. The van der Waals surface area contributed by atoms with Crippen molar-refractivity contribution in [1.82, 2.24) is 24.3 Å². The zero-order valence-corrected chi connectivity index (χ0v) is 15.0. The highest BCUT2D eigenvalue weighted by Crippen LogP contribution is 2.27. The van der Waals surface area contributed by atoms with Crippen molar-refractivity contribution in [1.29, 1.82) is 0 Å². The summed E-state index contributed by atoms with van der Waals surface area (Å²) in [5, 5.41) is 5.19. The Kier molecular flexibility index (Phi) is 3.73. The number of hydrogen-bond donors (Lipinski definition) is 0. The first-order chi connectivity index (χ1) is 13.3. The summed E-state index contributed by atoms with van der Waals surface area (Å²) in [7, 11) is 0. The minimum atomic E-state index is 0.704. The second-order valence-corrected chi connectivity index (χ2v) is 6.56. The van der Waals surface area contributed by atoms with Crippen molar-refractivity contribution < 1.29 is 0 Å². The van der Waals surface area contributed by atoms with Crippen LogP contribution in [0.15, 0.2) is 85.6 Å². The third kappa shape index (κ3) is 2.78. The van der Waals surface area contributed by atoms with E-state index in [9.17, 15) is 0 Å².